The second-order valence-corrected chi connectivity index (χ2v) is 9.32. The Labute approximate surface area is 217 Å². The number of allylic oxidation sites excluding steroid dienone is 2. The number of nitrogens with zero attached hydrogens (tertiary/aromatic N) is 4. The van der Waals surface area contributed by atoms with Crippen LogP contribution >= 0.6 is 11.3 Å². The number of nitriles is 4. The summed E-state index contributed by atoms with van der Waals surface area (Å²) in [6.45, 7) is 4.09. The zero-order valence-electron chi connectivity index (χ0n) is 19.9. The number of hydrogen-bond acceptors (Lipinski definition) is 7. The van der Waals surface area contributed by atoms with Crippen LogP contribution in [0, 0.1) is 45.3 Å². The molecule has 2 heterocycles. The summed E-state index contributed by atoms with van der Waals surface area (Å²) < 4.78 is 5.66. The molecule has 1 aromatic carbocycles. The molecule has 1 aromatic heterocycles. The first kappa shape index (κ1) is 24.9. The summed E-state index contributed by atoms with van der Waals surface area (Å²) in [7, 11) is 0. The molecule has 176 valence electrons. The Morgan fingerprint density at radius 3 is 2.11 bits per heavy atom. The Hall–Kier alpha value is -5.21. The standard InChI is InChI=1S/C30H18N4O2S/c1-18(2)21-5-3-6-25-24(13-21)29(30(35)36-25)28(20-10-8-19(9-11-20)22(14-31)15-32)27(23(16-33)17-34)26-7-4-12-37-26/h3-13,18H,1-2H3. The minimum Gasteiger partial charge on any atom is -0.422 e. The predicted octanol–water partition coefficient (Wildman–Crippen LogP) is 4.83. The molecule has 6 nitrogen and oxygen atoms in total. The topological polar surface area (TPSA) is 125 Å². The smallest absolute Gasteiger partial charge is 0.344 e. The molecule has 0 N–H and O–H groups in total. The molecule has 0 fully saturated rings. The van der Waals surface area contributed by atoms with Crippen molar-refractivity contribution < 1.29 is 4.42 Å². The molecule has 0 radical (unpaired) electrons. The van der Waals surface area contributed by atoms with Crippen molar-refractivity contribution in [3.05, 3.63) is 108 Å². The molecule has 1 aliphatic heterocycles. The lowest BCUT2D eigenvalue weighted by atomic mass is 9.89. The van der Waals surface area contributed by atoms with Crippen molar-refractivity contribution in [3.63, 3.8) is 0 Å². The van der Waals surface area contributed by atoms with Gasteiger partial charge in [-0.2, -0.15) is 21.0 Å². The first-order chi connectivity index (χ1) is 17.9. The molecule has 0 bridgehead atoms. The average Bonchev–Trinajstić information content (AvgIpc) is 3.47. The maximum absolute atomic E-state index is 13.4. The fraction of sp³-hybridized carbons (Fsp3) is 0.100. The van der Waals surface area contributed by atoms with Gasteiger partial charge >= 0.3 is 5.63 Å². The zero-order chi connectivity index (χ0) is 26.5. The van der Waals surface area contributed by atoms with Crippen molar-refractivity contribution in [2.75, 3.05) is 0 Å². The van der Waals surface area contributed by atoms with Crippen LogP contribution in [0.2, 0.25) is 0 Å². The average molecular weight is 499 g/mol. The quantitative estimate of drug-likeness (QED) is 0.371. The second-order valence-electron chi connectivity index (χ2n) is 8.37. The molecule has 2 aromatic rings. The van der Waals surface area contributed by atoms with E-state index in [1.165, 1.54) is 11.3 Å². The van der Waals surface area contributed by atoms with Crippen LogP contribution in [0.1, 0.15) is 35.8 Å². The molecular formula is C30H18N4O2S. The van der Waals surface area contributed by atoms with Crippen molar-refractivity contribution in [1.29, 1.82) is 21.0 Å². The number of hydrogen-bond donors (Lipinski definition) is 0. The van der Waals surface area contributed by atoms with Gasteiger partial charge < -0.3 is 4.42 Å². The Morgan fingerprint density at radius 2 is 1.54 bits per heavy atom. The summed E-state index contributed by atoms with van der Waals surface area (Å²) >= 11 is 1.34. The van der Waals surface area contributed by atoms with Crippen molar-refractivity contribution in [3.8, 4) is 35.6 Å². The second kappa shape index (κ2) is 10.6. The van der Waals surface area contributed by atoms with E-state index in [1.807, 2.05) is 61.7 Å². The highest BCUT2D eigenvalue weighted by Crippen LogP contribution is 2.39. The Bertz CT molecular complexity index is 1810. The minimum absolute atomic E-state index is 0.0521. The van der Waals surface area contributed by atoms with Crippen LogP contribution in [0.4, 0.5) is 0 Å². The van der Waals surface area contributed by atoms with Crippen LogP contribution in [0.3, 0.4) is 0 Å². The summed E-state index contributed by atoms with van der Waals surface area (Å²) in [6, 6.07) is 25.2. The van der Waals surface area contributed by atoms with Crippen LogP contribution in [0.5, 0.6) is 0 Å². The summed E-state index contributed by atoms with van der Waals surface area (Å²) in [6.07, 6.45) is 0. The van der Waals surface area contributed by atoms with Crippen molar-refractivity contribution in [2.24, 2.45) is 0 Å². The molecule has 0 amide bonds. The van der Waals surface area contributed by atoms with Gasteiger partial charge in [-0.05, 0) is 40.3 Å². The Kier molecular flexibility index (Phi) is 7.13. The van der Waals surface area contributed by atoms with Gasteiger partial charge in [0.1, 0.15) is 41.2 Å². The largest absolute Gasteiger partial charge is 0.422 e. The number of thiophene rings is 1. The minimum atomic E-state index is -0.597. The van der Waals surface area contributed by atoms with E-state index in [2.05, 4.69) is 0 Å². The lowest BCUT2D eigenvalue weighted by molar-refractivity contribution is 0.544. The molecule has 37 heavy (non-hydrogen) atoms. The van der Waals surface area contributed by atoms with E-state index >= 15 is 0 Å². The van der Waals surface area contributed by atoms with Crippen molar-refractivity contribution in [2.45, 2.75) is 19.8 Å². The van der Waals surface area contributed by atoms with E-state index in [1.54, 1.807) is 42.5 Å². The van der Waals surface area contributed by atoms with Crippen molar-refractivity contribution >= 4 is 28.1 Å². The van der Waals surface area contributed by atoms with E-state index < -0.39 is 5.63 Å². The summed E-state index contributed by atoms with van der Waals surface area (Å²) in [5, 5.41) is 41.1. The van der Waals surface area contributed by atoms with Gasteiger partial charge in [-0.25, -0.2) is 4.79 Å². The van der Waals surface area contributed by atoms with Crippen LogP contribution in [-0.2, 0) is 0 Å². The fourth-order valence-electron chi connectivity index (χ4n) is 4.06. The van der Waals surface area contributed by atoms with E-state index in [4.69, 9.17) is 4.42 Å². The number of rotatable bonds is 4. The van der Waals surface area contributed by atoms with Crippen LogP contribution in [-0.4, -0.2) is 0 Å². The first-order valence-electron chi connectivity index (χ1n) is 11.2. The highest BCUT2D eigenvalue weighted by molar-refractivity contribution is 7.11. The lowest BCUT2D eigenvalue weighted by Gasteiger charge is -2.12. The van der Waals surface area contributed by atoms with E-state index in [0.717, 1.165) is 5.56 Å². The highest BCUT2D eigenvalue weighted by atomic mass is 32.1. The maximum Gasteiger partial charge on any atom is 0.344 e. The van der Waals surface area contributed by atoms with Gasteiger partial charge in [0.25, 0.3) is 0 Å². The third-order valence-corrected chi connectivity index (χ3v) is 6.77. The number of furan rings is 1. The summed E-state index contributed by atoms with van der Waals surface area (Å²) in [4.78, 5) is 14.1. The number of fused-ring (bicyclic) bond motifs is 1. The van der Waals surface area contributed by atoms with Gasteiger partial charge in [-0.1, -0.05) is 56.3 Å². The molecule has 2 aliphatic rings. The third-order valence-electron chi connectivity index (χ3n) is 5.88. The molecular weight excluding hydrogens is 480 g/mol. The van der Waals surface area contributed by atoms with Gasteiger partial charge in [-0.15, -0.1) is 11.3 Å². The molecule has 0 unspecified atom stereocenters. The molecule has 1 aliphatic carbocycles. The van der Waals surface area contributed by atoms with Gasteiger partial charge in [0.2, 0.25) is 0 Å². The van der Waals surface area contributed by atoms with Gasteiger partial charge in [0.05, 0.1) is 5.56 Å². The van der Waals surface area contributed by atoms with E-state index in [-0.39, 0.29) is 22.6 Å². The predicted molar refractivity (Wildman–Crippen MR) is 141 cm³/mol. The highest BCUT2D eigenvalue weighted by Gasteiger charge is 2.27. The Balaban J connectivity index is 2.25. The molecule has 7 heteroatoms. The number of benzene rings is 1. The summed E-state index contributed by atoms with van der Waals surface area (Å²) in [5.74, 6) is 0.551. The van der Waals surface area contributed by atoms with Crippen LogP contribution in [0.15, 0.2) is 80.8 Å². The van der Waals surface area contributed by atoms with Crippen LogP contribution < -0.4 is 16.1 Å². The van der Waals surface area contributed by atoms with Crippen molar-refractivity contribution in [1.82, 2.24) is 0 Å². The maximum atomic E-state index is 13.4. The summed E-state index contributed by atoms with van der Waals surface area (Å²) in [5.41, 5.74) is 1.66. The molecule has 4 rings (SSSR count). The lowest BCUT2D eigenvalue weighted by Crippen LogP contribution is -2.17. The molecule has 0 spiro atoms. The first-order valence-corrected chi connectivity index (χ1v) is 12.1. The van der Waals surface area contributed by atoms with Gasteiger partial charge in [0, 0.05) is 26.8 Å². The third kappa shape index (κ3) is 4.69. The van der Waals surface area contributed by atoms with Gasteiger partial charge in [-0.3, -0.25) is 0 Å². The van der Waals surface area contributed by atoms with Crippen LogP contribution in [0.25, 0.3) is 28.0 Å². The van der Waals surface area contributed by atoms with E-state index in [0.29, 0.717) is 37.8 Å². The fourth-order valence-corrected chi connectivity index (χ4v) is 4.85. The SMILES string of the molecule is CC(C)c1cccc2oc(=O)c(C(C(=C(C#N)C#N)c3cccs3)=c3ccc(=C(C#N)C#N)cc3)c-2c1. The zero-order valence-corrected chi connectivity index (χ0v) is 20.8. The Morgan fingerprint density at radius 1 is 0.865 bits per heavy atom. The monoisotopic (exact) mass is 498 g/mol. The molecule has 0 saturated carbocycles. The van der Waals surface area contributed by atoms with E-state index in [9.17, 15) is 25.8 Å². The molecule has 0 saturated heterocycles. The van der Waals surface area contributed by atoms with Gasteiger partial charge in [0.15, 0.2) is 0 Å². The normalized spacial score (nSPS) is 10.1. The molecule has 0 atom stereocenters.